The number of fused-ring (bicyclic) bond motifs is 4. The second kappa shape index (κ2) is 12.8. The number of Topliss-reactive ketones (excluding diaryl/α,β-unsaturated/α-hetero) is 2. The molecule has 0 spiro atoms. The Morgan fingerprint density at radius 2 is 1.80 bits per heavy atom. The molecule has 2 aromatic carbocycles. The molecular formula is C34H38BN5O11. The number of anilines is 2. The number of hydrogen-bond donors (Lipinski definition) is 8. The molecule has 0 saturated heterocycles. The molecule has 1 aliphatic heterocycles. The molecule has 4 aliphatic rings. The molecule has 2 aromatic rings. The molecule has 0 saturated carbocycles. The first kappa shape index (κ1) is 35.6. The molecule has 51 heavy (non-hydrogen) atoms. The van der Waals surface area contributed by atoms with Crippen LogP contribution in [0.4, 0.5) is 11.4 Å². The third kappa shape index (κ3) is 5.62. The van der Waals surface area contributed by atoms with Crippen molar-refractivity contribution in [3.8, 4) is 5.75 Å². The zero-order valence-electron chi connectivity index (χ0n) is 28.3. The standard InChI is InChI=1S/C34H38BN5O11/c1-39(2)21-12-20(38-22(41)7-8-37-33(48)14-5-6-19-16(9-14)13-51-35(19)50)27(42)24-17(21)10-15-11-18-26(40(3)4)29(44)25(32(36)47)31(46)34(18,49)30(45)23(15)28(24)43/h5-6,9,12,15,18,26,42,44-45,49-50H,7-8,10-11,13H2,1-4H3,(H2,36,47)(H,37,48)(H,38,41)/t15-,18-,26-,34-/m0/s1. The quantitative estimate of drug-likeness (QED) is 0.0950. The lowest BCUT2D eigenvalue weighted by molar-refractivity contribution is -0.148. The van der Waals surface area contributed by atoms with Gasteiger partial charge in [-0.1, -0.05) is 6.07 Å². The Morgan fingerprint density at radius 3 is 2.45 bits per heavy atom. The number of likely N-dealkylation sites (N-methyl/N-ethyl adjacent to an activating group) is 1. The molecule has 0 bridgehead atoms. The summed E-state index contributed by atoms with van der Waals surface area (Å²) in [6.07, 6.45) is -0.200. The van der Waals surface area contributed by atoms with E-state index in [4.69, 9.17) is 10.4 Å². The molecule has 4 atom stereocenters. The topological polar surface area (TPSA) is 252 Å². The number of phenols is 1. The lowest BCUT2D eigenvalue weighted by Crippen LogP contribution is -2.63. The third-order valence-electron chi connectivity index (χ3n) is 10.2. The minimum atomic E-state index is -2.78. The highest BCUT2D eigenvalue weighted by atomic mass is 16.5. The first-order chi connectivity index (χ1) is 24.0. The molecule has 6 rings (SSSR count). The number of rotatable bonds is 8. The van der Waals surface area contributed by atoms with Gasteiger partial charge in [-0.3, -0.25) is 28.9 Å². The fraction of sp³-hybridized carbons (Fsp3) is 0.382. The van der Waals surface area contributed by atoms with E-state index in [-0.39, 0.29) is 49.2 Å². The van der Waals surface area contributed by atoms with Gasteiger partial charge in [-0.15, -0.1) is 0 Å². The zero-order chi connectivity index (χ0) is 37.3. The molecule has 0 radical (unpaired) electrons. The van der Waals surface area contributed by atoms with Gasteiger partial charge in [0.1, 0.15) is 17.1 Å². The number of aliphatic hydroxyl groups excluding tert-OH is 2. The number of aromatic hydroxyl groups is 1. The highest BCUT2D eigenvalue weighted by Crippen LogP contribution is 2.54. The minimum absolute atomic E-state index is 0.0647. The number of amides is 3. The van der Waals surface area contributed by atoms with Crippen LogP contribution in [0.1, 0.15) is 44.7 Å². The van der Waals surface area contributed by atoms with Crippen molar-refractivity contribution in [3.05, 3.63) is 69.2 Å². The third-order valence-corrected chi connectivity index (χ3v) is 10.2. The summed E-state index contributed by atoms with van der Waals surface area (Å²) >= 11 is 0. The van der Waals surface area contributed by atoms with Crippen LogP contribution in [-0.4, -0.2) is 113 Å². The van der Waals surface area contributed by atoms with E-state index >= 15 is 0 Å². The fourth-order valence-corrected chi connectivity index (χ4v) is 7.77. The molecular weight excluding hydrogens is 665 g/mol. The summed E-state index contributed by atoms with van der Waals surface area (Å²) in [5.41, 5.74) is 3.44. The molecule has 3 amide bonds. The molecule has 0 fully saturated rings. The van der Waals surface area contributed by atoms with Gasteiger partial charge in [-0.25, -0.2) is 0 Å². The van der Waals surface area contributed by atoms with Gasteiger partial charge in [0.25, 0.3) is 11.8 Å². The summed E-state index contributed by atoms with van der Waals surface area (Å²) in [5.74, 6) is -8.79. The number of nitrogens with two attached hydrogens (primary N) is 1. The molecule has 1 heterocycles. The van der Waals surface area contributed by atoms with Gasteiger partial charge >= 0.3 is 7.12 Å². The number of nitrogens with one attached hydrogen (secondary N) is 2. The molecule has 268 valence electrons. The average Bonchev–Trinajstić information content (AvgIpc) is 3.43. The minimum Gasteiger partial charge on any atom is -0.510 e. The van der Waals surface area contributed by atoms with Crippen molar-refractivity contribution in [3.63, 3.8) is 0 Å². The lowest BCUT2D eigenvalue weighted by atomic mass is 9.58. The van der Waals surface area contributed by atoms with Crippen molar-refractivity contribution < 1.29 is 54.1 Å². The van der Waals surface area contributed by atoms with Crippen LogP contribution in [0.2, 0.25) is 0 Å². The predicted molar refractivity (Wildman–Crippen MR) is 182 cm³/mol. The van der Waals surface area contributed by atoms with Crippen LogP contribution in [0.25, 0.3) is 0 Å². The van der Waals surface area contributed by atoms with Gasteiger partial charge in [0.15, 0.2) is 17.1 Å². The highest BCUT2D eigenvalue weighted by Gasteiger charge is 2.63. The maximum Gasteiger partial charge on any atom is 0.491 e. The van der Waals surface area contributed by atoms with E-state index in [9.17, 15) is 49.4 Å². The second-order valence-electron chi connectivity index (χ2n) is 13.6. The second-order valence-corrected chi connectivity index (χ2v) is 13.6. The van der Waals surface area contributed by atoms with Crippen LogP contribution in [0.15, 0.2) is 46.9 Å². The van der Waals surface area contributed by atoms with E-state index in [2.05, 4.69) is 10.6 Å². The van der Waals surface area contributed by atoms with Gasteiger partial charge in [0.2, 0.25) is 11.7 Å². The average molecular weight is 704 g/mol. The summed E-state index contributed by atoms with van der Waals surface area (Å²) < 4.78 is 5.15. The smallest absolute Gasteiger partial charge is 0.491 e. The molecule has 9 N–H and O–H groups in total. The van der Waals surface area contributed by atoms with Crippen molar-refractivity contribution in [1.29, 1.82) is 0 Å². The van der Waals surface area contributed by atoms with Crippen LogP contribution in [0, 0.1) is 11.8 Å². The first-order valence-electron chi connectivity index (χ1n) is 16.2. The van der Waals surface area contributed by atoms with Crippen molar-refractivity contribution in [2.24, 2.45) is 17.6 Å². The predicted octanol–water partition coefficient (Wildman–Crippen LogP) is -0.837. The van der Waals surface area contributed by atoms with Crippen molar-refractivity contribution in [2.75, 3.05) is 45.0 Å². The normalized spacial score (nSPS) is 23.8. The zero-order valence-corrected chi connectivity index (χ0v) is 28.3. The molecule has 0 aromatic heterocycles. The van der Waals surface area contributed by atoms with Crippen molar-refractivity contribution in [2.45, 2.75) is 37.5 Å². The molecule has 0 unspecified atom stereocenters. The van der Waals surface area contributed by atoms with Crippen molar-refractivity contribution >= 4 is 53.2 Å². The summed E-state index contributed by atoms with van der Waals surface area (Å²) in [5, 5.41) is 60.8. The van der Waals surface area contributed by atoms with E-state index in [1.165, 1.54) is 17.0 Å². The van der Waals surface area contributed by atoms with Crippen LogP contribution in [0.3, 0.4) is 0 Å². The van der Waals surface area contributed by atoms with Crippen LogP contribution < -0.4 is 26.7 Å². The number of ketones is 2. The van der Waals surface area contributed by atoms with Crippen LogP contribution in [-0.2, 0) is 32.1 Å². The Bertz CT molecular complexity index is 1980. The summed E-state index contributed by atoms with van der Waals surface area (Å²) in [4.78, 5) is 68.9. The summed E-state index contributed by atoms with van der Waals surface area (Å²) in [7, 11) is 5.45. The van der Waals surface area contributed by atoms with E-state index in [0.717, 1.165) is 0 Å². The van der Waals surface area contributed by atoms with E-state index in [0.29, 0.717) is 27.8 Å². The van der Waals surface area contributed by atoms with Gasteiger partial charge in [0.05, 0.1) is 23.9 Å². The maximum atomic E-state index is 14.2. The SMILES string of the molecule is CN(C)c1cc(NC(=O)CCNC(=O)c2ccc3c(c2)COB3O)c(O)c2c1C[C@H]1C[C@H]3[C@H](N(C)C)C(O)=C(C(N)=O)C(=O)[C@@]3(O)C(O)=C1C2=O. The number of phenolic OH excluding ortho intramolecular Hbond substituents is 1. The van der Waals surface area contributed by atoms with Crippen molar-refractivity contribution in [1.82, 2.24) is 10.2 Å². The number of carbonyl (C=O) groups is 5. The Morgan fingerprint density at radius 1 is 1.10 bits per heavy atom. The molecule has 17 heteroatoms. The number of aliphatic hydroxyl groups is 3. The largest absolute Gasteiger partial charge is 0.510 e. The Hall–Kier alpha value is -5.23. The number of nitrogens with zero attached hydrogens (tertiary/aromatic N) is 2. The monoisotopic (exact) mass is 703 g/mol. The number of carbonyl (C=O) groups excluding carboxylic acids is 5. The van der Waals surface area contributed by atoms with E-state index < -0.39 is 82.7 Å². The summed E-state index contributed by atoms with van der Waals surface area (Å²) in [6, 6.07) is 5.09. The van der Waals surface area contributed by atoms with Crippen LogP contribution >= 0.6 is 0 Å². The van der Waals surface area contributed by atoms with Gasteiger partial charge in [-0.05, 0) is 67.6 Å². The first-order valence-corrected chi connectivity index (χ1v) is 16.2. The summed E-state index contributed by atoms with van der Waals surface area (Å²) in [6.45, 7) is 0.0847. The van der Waals surface area contributed by atoms with E-state index in [1.807, 2.05) is 0 Å². The molecule has 16 nitrogen and oxygen atoms in total. The number of hydrogen-bond acceptors (Lipinski definition) is 13. The van der Waals surface area contributed by atoms with E-state index in [1.54, 1.807) is 45.2 Å². The lowest BCUT2D eigenvalue weighted by Gasteiger charge is -2.50. The Labute approximate surface area is 292 Å². The Balaban J connectivity index is 1.27. The van der Waals surface area contributed by atoms with Crippen LogP contribution in [0.5, 0.6) is 5.75 Å². The highest BCUT2D eigenvalue weighted by molar-refractivity contribution is 6.61. The number of benzene rings is 2. The molecule has 3 aliphatic carbocycles. The maximum absolute atomic E-state index is 14.2. The number of allylic oxidation sites excluding steroid dienone is 1. The number of primary amides is 1. The Kier molecular flexibility index (Phi) is 8.96. The van der Waals surface area contributed by atoms with Gasteiger partial charge < -0.3 is 51.4 Å². The van der Waals surface area contributed by atoms with Gasteiger partial charge in [-0.2, -0.15) is 0 Å². The fourth-order valence-electron chi connectivity index (χ4n) is 7.77. The van der Waals surface area contributed by atoms with Gasteiger partial charge in [0, 0.05) is 49.8 Å².